The number of carbonyl (C=O) groups is 2. The first kappa shape index (κ1) is 19.2. The number of aromatic nitrogens is 2. The molecule has 0 fully saturated rings. The van der Waals surface area contributed by atoms with E-state index in [0.29, 0.717) is 16.5 Å². The molecule has 0 spiro atoms. The largest absolute Gasteiger partial charge is 0.504 e. The van der Waals surface area contributed by atoms with Crippen molar-refractivity contribution in [3.63, 3.8) is 0 Å². The lowest BCUT2D eigenvalue weighted by molar-refractivity contribution is -0.123. The minimum absolute atomic E-state index is 0.224. The second-order valence-electron chi connectivity index (χ2n) is 5.85. The van der Waals surface area contributed by atoms with Crippen LogP contribution in [0.15, 0.2) is 54.7 Å². The van der Waals surface area contributed by atoms with Crippen LogP contribution in [0.4, 0.5) is 0 Å². The minimum Gasteiger partial charge on any atom is -0.504 e. The Morgan fingerprint density at radius 3 is 2.64 bits per heavy atom. The van der Waals surface area contributed by atoms with Crippen LogP contribution in [0.3, 0.4) is 0 Å². The number of carbonyl (C=O) groups excluding carboxylic acids is 2. The number of hydrogen-bond acceptors (Lipinski definition) is 5. The van der Waals surface area contributed by atoms with E-state index in [0.717, 1.165) is 5.56 Å². The topological polar surface area (TPSA) is 105 Å². The Morgan fingerprint density at radius 1 is 1.18 bits per heavy atom. The number of amides is 2. The van der Waals surface area contributed by atoms with E-state index in [1.54, 1.807) is 42.5 Å². The van der Waals surface area contributed by atoms with Crippen LogP contribution < -0.4 is 15.6 Å². The third-order valence-corrected chi connectivity index (χ3v) is 4.17. The van der Waals surface area contributed by atoms with Crippen LogP contribution in [0.5, 0.6) is 11.5 Å². The molecular weight excluding hydrogens is 384 g/mol. The van der Waals surface area contributed by atoms with Gasteiger partial charge >= 0.3 is 0 Å². The third-order valence-electron chi connectivity index (χ3n) is 3.75. The molecule has 2 amide bonds. The van der Waals surface area contributed by atoms with Crippen LogP contribution in [-0.2, 0) is 4.79 Å². The average Bonchev–Trinajstić information content (AvgIpc) is 3.09. The lowest BCUT2D eigenvalue weighted by Crippen LogP contribution is -2.44. The summed E-state index contributed by atoms with van der Waals surface area (Å²) in [5.74, 6) is -1.18. The monoisotopic (exact) mass is 400 g/mol. The molecule has 1 aromatic heterocycles. The number of rotatable bonds is 5. The highest BCUT2D eigenvalue weighted by Gasteiger charge is 2.17. The van der Waals surface area contributed by atoms with Crippen LogP contribution in [-0.4, -0.2) is 33.3 Å². The highest BCUT2D eigenvalue weighted by Crippen LogP contribution is 2.21. The van der Waals surface area contributed by atoms with Gasteiger partial charge in [0.1, 0.15) is 5.75 Å². The van der Waals surface area contributed by atoms with Gasteiger partial charge in [-0.3, -0.25) is 20.4 Å². The fraction of sp³-hybridized carbons (Fsp3) is 0.105. The Kier molecular flexibility index (Phi) is 5.81. The molecule has 28 heavy (non-hydrogen) atoms. The average molecular weight is 401 g/mol. The normalized spacial score (nSPS) is 10.4. The zero-order valence-electron chi connectivity index (χ0n) is 14.8. The first-order valence-corrected chi connectivity index (χ1v) is 8.64. The van der Waals surface area contributed by atoms with E-state index >= 15 is 0 Å². The smallest absolute Gasteiger partial charge is 0.294 e. The van der Waals surface area contributed by atoms with Gasteiger partial charge in [-0.1, -0.05) is 29.8 Å². The second-order valence-corrected chi connectivity index (χ2v) is 6.25. The van der Waals surface area contributed by atoms with Gasteiger partial charge in [-0.25, -0.2) is 4.68 Å². The highest BCUT2D eigenvalue weighted by atomic mass is 35.5. The molecule has 0 aliphatic rings. The standard InChI is InChI=1S/C19H17ClN4O4/c1-12-9-14(7-8-15(12)20)28-11-17(26)21-22-19(27)18-16(25)10-24(23-18)13-5-3-2-4-6-13/h2-10,25H,11H2,1H3,(H,21,26)(H,22,27). The SMILES string of the molecule is Cc1cc(OCC(=O)NNC(=O)c2nn(-c3ccccc3)cc2O)ccc1Cl. The Bertz CT molecular complexity index is 1000. The van der Waals surface area contributed by atoms with Gasteiger partial charge < -0.3 is 9.84 Å². The fourth-order valence-corrected chi connectivity index (χ4v) is 2.43. The number of halogens is 1. The number of hydrazine groups is 1. The fourth-order valence-electron chi connectivity index (χ4n) is 2.32. The van der Waals surface area contributed by atoms with Crippen molar-refractivity contribution in [2.45, 2.75) is 6.92 Å². The number of para-hydroxylation sites is 1. The molecule has 144 valence electrons. The van der Waals surface area contributed by atoms with Crippen molar-refractivity contribution in [1.82, 2.24) is 20.6 Å². The zero-order chi connectivity index (χ0) is 20.1. The van der Waals surface area contributed by atoms with Crippen LogP contribution in [0.1, 0.15) is 16.1 Å². The minimum atomic E-state index is -0.761. The third kappa shape index (κ3) is 4.60. The maximum atomic E-state index is 12.2. The number of nitrogens with one attached hydrogen (secondary N) is 2. The van der Waals surface area contributed by atoms with Gasteiger partial charge in [0.25, 0.3) is 11.8 Å². The van der Waals surface area contributed by atoms with Crippen molar-refractivity contribution in [1.29, 1.82) is 0 Å². The molecule has 0 saturated heterocycles. The Labute approximate surface area is 165 Å². The lowest BCUT2D eigenvalue weighted by Gasteiger charge is -2.09. The number of nitrogens with zero attached hydrogens (tertiary/aromatic N) is 2. The van der Waals surface area contributed by atoms with Crippen LogP contribution in [0.25, 0.3) is 5.69 Å². The van der Waals surface area contributed by atoms with Crippen molar-refractivity contribution in [3.8, 4) is 17.2 Å². The number of hydrogen-bond donors (Lipinski definition) is 3. The molecule has 3 rings (SSSR count). The van der Waals surface area contributed by atoms with E-state index in [1.165, 1.54) is 10.9 Å². The number of ether oxygens (including phenoxy) is 1. The van der Waals surface area contributed by atoms with Crippen molar-refractivity contribution in [3.05, 3.63) is 71.0 Å². The van der Waals surface area contributed by atoms with E-state index in [-0.39, 0.29) is 18.1 Å². The summed E-state index contributed by atoms with van der Waals surface area (Å²) in [4.78, 5) is 24.0. The van der Waals surface area contributed by atoms with Crippen molar-refractivity contribution in [2.75, 3.05) is 6.61 Å². The number of aromatic hydroxyl groups is 1. The first-order valence-electron chi connectivity index (χ1n) is 8.26. The summed E-state index contributed by atoms with van der Waals surface area (Å²) in [6.45, 7) is 1.50. The predicted molar refractivity (Wildman–Crippen MR) is 103 cm³/mol. The van der Waals surface area contributed by atoms with E-state index < -0.39 is 11.8 Å². The summed E-state index contributed by atoms with van der Waals surface area (Å²) in [5.41, 5.74) is 5.66. The Morgan fingerprint density at radius 2 is 1.93 bits per heavy atom. The van der Waals surface area contributed by atoms with Gasteiger partial charge in [-0.05, 0) is 42.8 Å². The summed E-state index contributed by atoms with van der Waals surface area (Å²) >= 11 is 5.93. The van der Waals surface area contributed by atoms with E-state index in [1.807, 2.05) is 13.0 Å². The molecular formula is C19H17ClN4O4. The molecule has 0 aliphatic heterocycles. The molecule has 0 saturated carbocycles. The van der Waals surface area contributed by atoms with Crippen molar-refractivity contribution >= 4 is 23.4 Å². The molecule has 0 radical (unpaired) electrons. The Hall–Kier alpha value is -3.52. The lowest BCUT2D eigenvalue weighted by atomic mass is 10.2. The molecule has 1 heterocycles. The first-order chi connectivity index (χ1) is 13.4. The predicted octanol–water partition coefficient (Wildman–Crippen LogP) is 2.38. The van der Waals surface area contributed by atoms with E-state index in [2.05, 4.69) is 16.0 Å². The molecule has 0 unspecified atom stereocenters. The van der Waals surface area contributed by atoms with Gasteiger partial charge in [0.05, 0.1) is 11.9 Å². The van der Waals surface area contributed by atoms with E-state index in [4.69, 9.17) is 16.3 Å². The maximum absolute atomic E-state index is 12.2. The molecule has 0 aliphatic carbocycles. The number of benzene rings is 2. The van der Waals surface area contributed by atoms with Gasteiger partial charge in [0.2, 0.25) is 0 Å². The quantitative estimate of drug-likeness (QED) is 0.570. The van der Waals surface area contributed by atoms with Gasteiger partial charge in [-0.15, -0.1) is 0 Å². The molecule has 3 N–H and O–H groups in total. The Balaban J connectivity index is 1.54. The van der Waals surface area contributed by atoms with Crippen molar-refractivity contribution in [2.24, 2.45) is 0 Å². The molecule has 2 aromatic carbocycles. The second kappa shape index (κ2) is 8.45. The summed E-state index contributed by atoms with van der Waals surface area (Å²) in [6.07, 6.45) is 1.30. The van der Waals surface area contributed by atoms with E-state index in [9.17, 15) is 14.7 Å². The maximum Gasteiger partial charge on any atom is 0.294 e. The van der Waals surface area contributed by atoms with Gasteiger partial charge in [0, 0.05) is 5.02 Å². The summed E-state index contributed by atoms with van der Waals surface area (Å²) in [6, 6.07) is 14.0. The van der Waals surface area contributed by atoms with Gasteiger partial charge in [0.15, 0.2) is 18.1 Å². The molecule has 8 nitrogen and oxygen atoms in total. The summed E-state index contributed by atoms with van der Waals surface area (Å²) < 4.78 is 6.70. The molecule has 0 bridgehead atoms. The van der Waals surface area contributed by atoms with Crippen LogP contribution >= 0.6 is 11.6 Å². The number of aryl methyl sites for hydroxylation is 1. The van der Waals surface area contributed by atoms with Gasteiger partial charge in [-0.2, -0.15) is 5.10 Å². The van der Waals surface area contributed by atoms with Crippen LogP contribution in [0.2, 0.25) is 5.02 Å². The molecule has 0 atom stereocenters. The summed E-state index contributed by atoms with van der Waals surface area (Å²) in [5, 5.41) is 14.6. The zero-order valence-corrected chi connectivity index (χ0v) is 15.6. The highest BCUT2D eigenvalue weighted by molar-refractivity contribution is 6.31. The van der Waals surface area contributed by atoms with Crippen molar-refractivity contribution < 1.29 is 19.4 Å². The molecule has 3 aromatic rings. The van der Waals surface area contributed by atoms with Crippen LogP contribution in [0, 0.1) is 6.92 Å². The summed E-state index contributed by atoms with van der Waals surface area (Å²) in [7, 11) is 0. The molecule has 9 heteroatoms.